The minimum Gasteiger partial charge on any atom is -0.341 e. The number of fused-ring (bicyclic) bond motifs is 1. The van der Waals surface area contributed by atoms with Gasteiger partial charge in [0.25, 0.3) is 0 Å². The number of sulfonamides is 1. The topological polar surface area (TPSA) is 57.7 Å². The van der Waals surface area contributed by atoms with Crippen molar-refractivity contribution in [2.75, 3.05) is 32.4 Å². The molecule has 3 rings (SSSR count). The van der Waals surface area contributed by atoms with Gasteiger partial charge < -0.3 is 4.90 Å². The fourth-order valence-electron chi connectivity index (χ4n) is 3.11. The lowest BCUT2D eigenvalue weighted by Crippen LogP contribution is -2.37. The summed E-state index contributed by atoms with van der Waals surface area (Å²) in [4.78, 5) is 14.3. The predicted molar refractivity (Wildman–Crippen MR) is 95.3 cm³/mol. The van der Waals surface area contributed by atoms with Gasteiger partial charge in [-0.25, -0.2) is 12.7 Å². The Balaban J connectivity index is 1.67. The van der Waals surface area contributed by atoms with Crippen molar-refractivity contribution in [3.63, 3.8) is 0 Å². The number of nitrogens with zero attached hydrogens (tertiary/aromatic N) is 2. The van der Waals surface area contributed by atoms with Crippen LogP contribution in [0.3, 0.4) is 0 Å². The molecule has 1 fully saturated rings. The van der Waals surface area contributed by atoms with Crippen LogP contribution in [-0.4, -0.2) is 56.0 Å². The minimum atomic E-state index is -3.19. The summed E-state index contributed by atoms with van der Waals surface area (Å²) in [5, 5.41) is 2.29. The molecular formula is C18H22N2O3S. The smallest absolute Gasteiger partial charge is 0.227 e. The van der Waals surface area contributed by atoms with Crippen LogP contribution in [0, 0.1) is 0 Å². The average Bonchev–Trinajstić information content (AvgIpc) is 2.80. The highest BCUT2D eigenvalue weighted by Gasteiger charge is 2.23. The quantitative estimate of drug-likeness (QED) is 0.853. The summed E-state index contributed by atoms with van der Waals surface area (Å²) in [6.07, 6.45) is 2.25. The molecule has 0 atom stereocenters. The van der Waals surface area contributed by atoms with Gasteiger partial charge in [-0.2, -0.15) is 0 Å². The lowest BCUT2D eigenvalue weighted by molar-refractivity contribution is -0.130. The molecule has 0 N–H and O–H groups in total. The molecule has 1 amide bonds. The molecule has 128 valence electrons. The first kappa shape index (κ1) is 16.9. The third-order valence-electron chi connectivity index (χ3n) is 4.45. The second-order valence-corrected chi connectivity index (χ2v) is 8.24. The summed E-state index contributed by atoms with van der Waals surface area (Å²) in [5.74, 6) is 0.0561. The maximum absolute atomic E-state index is 12.6. The van der Waals surface area contributed by atoms with Crippen LogP contribution in [0.2, 0.25) is 0 Å². The van der Waals surface area contributed by atoms with Crippen molar-refractivity contribution < 1.29 is 13.2 Å². The van der Waals surface area contributed by atoms with Crippen LogP contribution in [0.4, 0.5) is 0 Å². The van der Waals surface area contributed by atoms with Crippen LogP contribution in [0.1, 0.15) is 12.0 Å². The Morgan fingerprint density at radius 2 is 1.75 bits per heavy atom. The number of hydrogen-bond donors (Lipinski definition) is 0. The van der Waals surface area contributed by atoms with E-state index < -0.39 is 10.0 Å². The third-order valence-corrected chi connectivity index (χ3v) is 5.75. The summed E-state index contributed by atoms with van der Waals surface area (Å²) in [5.41, 5.74) is 0.989. The zero-order valence-electron chi connectivity index (χ0n) is 13.8. The molecule has 24 heavy (non-hydrogen) atoms. The zero-order valence-corrected chi connectivity index (χ0v) is 14.6. The number of benzene rings is 2. The van der Waals surface area contributed by atoms with Gasteiger partial charge in [0.1, 0.15) is 0 Å². The van der Waals surface area contributed by atoms with E-state index in [1.54, 1.807) is 4.90 Å². The highest BCUT2D eigenvalue weighted by atomic mass is 32.2. The first-order chi connectivity index (χ1) is 11.4. The van der Waals surface area contributed by atoms with Crippen molar-refractivity contribution >= 4 is 26.7 Å². The molecule has 0 unspecified atom stereocenters. The van der Waals surface area contributed by atoms with Gasteiger partial charge in [0.15, 0.2) is 0 Å². The van der Waals surface area contributed by atoms with E-state index in [1.165, 1.54) is 10.6 Å². The Morgan fingerprint density at radius 1 is 1.00 bits per heavy atom. The Labute approximate surface area is 142 Å². The highest BCUT2D eigenvalue weighted by Crippen LogP contribution is 2.17. The molecule has 2 aromatic rings. The maximum Gasteiger partial charge on any atom is 0.227 e. The maximum atomic E-state index is 12.6. The normalized spacial score (nSPS) is 17.0. The Bertz CT molecular complexity index is 848. The Hall–Kier alpha value is -1.92. The molecule has 1 aliphatic rings. The molecule has 0 aliphatic carbocycles. The lowest BCUT2D eigenvalue weighted by Gasteiger charge is -2.21. The van der Waals surface area contributed by atoms with Crippen LogP contribution in [0.15, 0.2) is 42.5 Å². The van der Waals surface area contributed by atoms with Crippen LogP contribution >= 0.6 is 0 Å². The molecule has 2 aromatic carbocycles. The van der Waals surface area contributed by atoms with E-state index in [0.717, 1.165) is 16.3 Å². The number of carbonyl (C=O) groups is 1. The van der Waals surface area contributed by atoms with E-state index in [-0.39, 0.29) is 5.91 Å². The van der Waals surface area contributed by atoms with E-state index in [0.29, 0.717) is 39.0 Å². The summed E-state index contributed by atoms with van der Waals surface area (Å²) >= 11 is 0. The molecule has 1 aliphatic heterocycles. The van der Waals surface area contributed by atoms with Crippen LogP contribution < -0.4 is 0 Å². The molecule has 0 saturated carbocycles. The highest BCUT2D eigenvalue weighted by molar-refractivity contribution is 7.88. The van der Waals surface area contributed by atoms with Crippen molar-refractivity contribution in [2.45, 2.75) is 12.8 Å². The van der Waals surface area contributed by atoms with E-state index in [4.69, 9.17) is 0 Å². The number of amides is 1. The largest absolute Gasteiger partial charge is 0.341 e. The summed E-state index contributed by atoms with van der Waals surface area (Å²) in [6.45, 7) is 1.93. The first-order valence-electron chi connectivity index (χ1n) is 8.14. The van der Waals surface area contributed by atoms with Gasteiger partial charge in [0, 0.05) is 26.2 Å². The van der Waals surface area contributed by atoms with Gasteiger partial charge in [-0.05, 0) is 22.8 Å². The van der Waals surface area contributed by atoms with Crippen LogP contribution in [0.25, 0.3) is 10.8 Å². The monoisotopic (exact) mass is 346 g/mol. The standard InChI is InChI=1S/C18H22N2O3S/c1-24(22,23)20-10-4-9-19(11-12-20)18(21)14-15-7-8-16-5-2-3-6-17(16)13-15/h2-3,5-8,13H,4,9-12,14H2,1H3. The second-order valence-electron chi connectivity index (χ2n) is 6.25. The first-order valence-corrected chi connectivity index (χ1v) is 9.99. The molecule has 6 heteroatoms. The zero-order chi connectivity index (χ0) is 17.2. The van der Waals surface area contributed by atoms with Gasteiger partial charge in [0.2, 0.25) is 15.9 Å². The van der Waals surface area contributed by atoms with Crippen molar-refractivity contribution in [1.82, 2.24) is 9.21 Å². The molecule has 0 spiro atoms. The van der Waals surface area contributed by atoms with Gasteiger partial charge >= 0.3 is 0 Å². The average molecular weight is 346 g/mol. The molecule has 1 heterocycles. The lowest BCUT2D eigenvalue weighted by atomic mass is 10.0. The van der Waals surface area contributed by atoms with Crippen LogP contribution in [-0.2, 0) is 21.2 Å². The number of hydrogen-bond acceptors (Lipinski definition) is 3. The second kappa shape index (κ2) is 6.91. The van der Waals surface area contributed by atoms with Crippen molar-refractivity contribution in [2.24, 2.45) is 0 Å². The molecule has 1 saturated heterocycles. The van der Waals surface area contributed by atoms with Gasteiger partial charge in [-0.15, -0.1) is 0 Å². The Morgan fingerprint density at radius 3 is 2.50 bits per heavy atom. The molecular weight excluding hydrogens is 324 g/mol. The van der Waals surface area contributed by atoms with Gasteiger partial charge in [-0.1, -0.05) is 42.5 Å². The predicted octanol–water partition coefficient (Wildman–Crippen LogP) is 1.88. The number of carbonyl (C=O) groups excluding carboxylic acids is 1. The third kappa shape index (κ3) is 3.94. The van der Waals surface area contributed by atoms with E-state index in [9.17, 15) is 13.2 Å². The van der Waals surface area contributed by atoms with Crippen molar-refractivity contribution in [3.8, 4) is 0 Å². The molecule has 0 bridgehead atoms. The molecule has 0 radical (unpaired) electrons. The van der Waals surface area contributed by atoms with E-state index in [2.05, 4.69) is 6.07 Å². The van der Waals surface area contributed by atoms with Crippen LogP contribution in [0.5, 0.6) is 0 Å². The molecule has 0 aromatic heterocycles. The fraction of sp³-hybridized carbons (Fsp3) is 0.389. The summed E-state index contributed by atoms with van der Waals surface area (Å²) in [7, 11) is -3.19. The molecule has 5 nitrogen and oxygen atoms in total. The van der Waals surface area contributed by atoms with E-state index in [1.807, 2.05) is 36.4 Å². The minimum absolute atomic E-state index is 0.0561. The summed E-state index contributed by atoms with van der Waals surface area (Å²) < 4.78 is 24.8. The van der Waals surface area contributed by atoms with E-state index >= 15 is 0 Å². The number of rotatable bonds is 3. The van der Waals surface area contributed by atoms with Gasteiger partial charge in [-0.3, -0.25) is 4.79 Å². The fourth-order valence-corrected chi connectivity index (χ4v) is 3.98. The Kier molecular flexibility index (Phi) is 4.87. The SMILES string of the molecule is CS(=O)(=O)N1CCCN(C(=O)Cc2ccc3ccccc3c2)CC1. The summed E-state index contributed by atoms with van der Waals surface area (Å²) in [6, 6.07) is 14.1. The van der Waals surface area contributed by atoms with Crippen molar-refractivity contribution in [1.29, 1.82) is 0 Å². The van der Waals surface area contributed by atoms with Gasteiger partial charge in [0.05, 0.1) is 12.7 Å². The van der Waals surface area contributed by atoms with Crippen molar-refractivity contribution in [3.05, 3.63) is 48.0 Å².